The van der Waals surface area contributed by atoms with Crippen molar-refractivity contribution in [1.29, 1.82) is 0 Å². The summed E-state index contributed by atoms with van der Waals surface area (Å²) in [5, 5.41) is 10.1. The van der Waals surface area contributed by atoms with Crippen LogP contribution in [0.2, 0.25) is 5.02 Å². The number of rotatable bonds is 2. The number of thiophene rings is 1. The van der Waals surface area contributed by atoms with E-state index in [-0.39, 0.29) is 9.90 Å². The molecule has 1 nitrogen and oxygen atoms in total. The molecule has 0 amide bonds. The van der Waals surface area contributed by atoms with E-state index in [1.165, 1.54) is 11.3 Å². The average Bonchev–Trinajstić information content (AvgIpc) is 2.57. The highest BCUT2D eigenvalue weighted by molar-refractivity contribution is 7.12. The third-order valence-corrected chi connectivity index (χ3v) is 4.04. The van der Waals surface area contributed by atoms with Crippen LogP contribution in [0.4, 0.5) is 4.39 Å². The van der Waals surface area contributed by atoms with Crippen LogP contribution in [0.5, 0.6) is 0 Å². The molecule has 0 aliphatic carbocycles. The van der Waals surface area contributed by atoms with E-state index in [0.717, 1.165) is 0 Å². The maximum Gasteiger partial charge on any atom is 0.158 e. The molecule has 0 aliphatic rings. The van der Waals surface area contributed by atoms with Gasteiger partial charge >= 0.3 is 0 Å². The van der Waals surface area contributed by atoms with E-state index >= 15 is 0 Å². The van der Waals surface area contributed by atoms with Gasteiger partial charge in [0.05, 0.1) is 9.90 Å². The smallest absolute Gasteiger partial charge is 0.158 e. The summed E-state index contributed by atoms with van der Waals surface area (Å²) in [7, 11) is 0. The Hall–Kier alpha value is -0.900. The summed E-state index contributed by atoms with van der Waals surface area (Å²) >= 11 is 6.94. The predicted octanol–water partition coefficient (Wildman–Crippen LogP) is 3.93. The number of hydrogen-bond donors (Lipinski definition) is 1. The number of hydrogen-bond acceptors (Lipinski definition) is 2. The second-order valence-corrected chi connectivity index (χ2v) is 5.10. The molecule has 2 rings (SSSR count). The van der Waals surface area contributed by atoms with Gasteiger partial charge in [0.1, 0.15) is 6.10 Å². The Balaban J connectivity index is 2.42. The summed E-state index contributed by atoms with van der Waals surface area (Å²) in [5.74, 6) is -0.513. The van der Waals surface area contributed by atoms with Gasteiger partial charge in [0.2, 0.25) is 0 Å². The molecule has 4 heteroatoms. The van der Waals surface area contributed by atoms with E-state index in [0.29, 0.717) is 10.4 Å². The van der Waals surface area contributed by atoms with Crippen LogP contribution in [0, 0.1) is 12.7 Å². The normalized spacial score (nSPS) is 12.8. The summed E-state index contributed by atoms with van der Waals surface area (Å²) in [6.45, 7) is 1.73. The molecule has 0 aliphatic heterocycles. The Kier molecular flexibility index (Phi) is 3.28. The van der Waals surface area contributed by atoms with E-state index in [1.54, 1.807) is 31.2 Å². The van der Waals surface area contributed by atoms with E-state index in [1.807, 2.05) is 6.07 Å². The fourth-order valence-corrected chi connectivity index (χ4v) is 2.70. The van der Waals surface area contributed by atoms with Crippen molar-refractivity contribution in [2.24, 2.45) is 0 Å². The Morgan fingerprint density at radius 3 is 2.44 bits per heavy atom. The number of halogens is 2. The van der Waals surface area contributed by atoms with Gasteiger partial charge in [-0.25, -0.2) is 4.39 Å². The maximum absolute atomic E-state index is 13.7. The second-order valence-electron chi connectivity index (χ2n) is 3.46. The van der Waals surface area contributed by atoms with Crippen molar-refractivity contribution < 1.29 is 9.50 Å². The van der Waals surface area contributed by atoms with Crippen molar-refractivity contribution >= 4 is 22.9 Å². The van der Waals surface area contributed by atoms with Gasteiger partial charge in [0.15, 0.2) is 5.82 Å². The van der Waals surface area contributed by atoms with Gasteiger partial charge in [-0.15, -0.1) is 11.3 Å². The zero-order valence-electron chi connectivity index (χ0n) is 8.58. The predicted molar refractivity (Wildman–Crippen MR) is 64.5 cm³/mol. The highest BCUT2D eigenvalue weighted by atomic mass is 35.5. The zero-order valence-corrected chi connectivity index (χ0v) is 10.1. The molecule has 1 unspecified atom stereocenters. The van der Waals surface area contributed by atoms with Crippen LogP contribution < -0.4 is 0 Å². The van der Waals surface area contributed by atoms with Crippen molar-refractivity contribution in [3.63, 3.8) is 0 Å². The van der Waals surface area contributed by atoms with Gasteiger partial charge in [0.25, 0.3) is 0 Å². The summed E-state index contributed by atoms with van der Waals surface area (Å²) in [4.78, 5) is 0.956. The number of aliphatic hydroxyl groups excluding tert-OH is 1. The molecule has 84 valence electrons. The first-order valence-corrected chi connectivity index (χ1v) is 5.98. The van der Waals surface area contributed by atoms with Crippen molar-refractivity contribution in [3.05, 3.63) is 56.5 Å². The van der Waals surface area contributed by atoms with Gasteiger partial charge in [-0.2, -0.15) is 0 Å². The van der Waals surface area contributed by atoms with Gasteiger partial charge < -0.3 is 5.11 Å². The molecule has 0 saturated heterocycles. The maximum atomic E-state index is 13.7. The molecular weight excluding hydrogens is 247 g/mol. The van der Waals surface area contributed by atoms with Crippen molar-refractivity contribution in [2.75, 3.05) is 0 Å². The first-order chi connectivity index (χ1) is 7.61. The third-order valence-electron chi connectivity index (χ3n) is 2.34. The molecule has 1 aromatic carbocycles. The van der Waals surface area contributed by atoms with Crippen LogP contribution in [0.3, 0.4) is 0 Å². The number of benzene rings is 1. The third kappa shape index (κ3) is 1.98. The van der Waals surface area contributed by atoms with Crippen LogP contribution in [0.25, 0.3) is 0 Å². The summed E-state index contributed by atoms with van der Waals surface area (Å²) in [6.07, 6.45) is -0.947. The topological polar surface area (TPSA) is 20.2 Å². The molecule has 1 aromatic heterocycles. The average molecular weight is 257 g/mol. The van der Waals surface area contributed by atoms with Crippen LogP contribution in [0.15, 0.2) is 30.3 Å². The summed E-state index contributed by atoms with van der Waals surface area (Å²) in [6, 6.07) is 8.97. The number of aliphatic hydroxyl groups is 1. The van der Waals surface area contributed by atoms with Gasteiger partial charge in [-0.1, -0.05) is 41.9 Å². The lowest BCUT2D eigenvalue weighted by atomic mass is 10.1. The lowest BCUT2D eigenvalue weighted by molar-refractivity contribution is 0.219. The molecule has 0 bridgehead atoms. The van der Waals surface area contributed by atoms with Gasteiger partial charge in [-0.05, 0) is 12.5 Å². The first kappa shape index (κ1) is 11.6. The van der Waals surface area contributed by atoms with Crippen LogP contribution in [-0.4, -0.2) is 5.11 Å². The molecule has 0 fully saturated rings. The number of aryl methyl sites for hydroxylation is 1. The minimum Gasteiger partial charge on any atom is -0.383 e. The van der Waals surface area contributed by atoms with Gasteiger partial charge in [-0.3, -0.25) is 0 Å². The van der Waals surface area contributed by atoms with E-state index < -0.39 is 11.9 Å². The van der Waals surface area contributed by atoms with Crippen LogP contribution in [-0.2, 0) is 0 Å². The molecule has 16 heavy (non-hydrogen) atoms. The minimum absolute atomic E-state index is 0.106. The van der Waals surface area contributed by atoms with E-state index in [9.17, 15) is 9.50 Å². The molecular formula is C12H10ClFOS. The highest BCUT2D eigenvalue weighted by Gasteiger charge is 2.21. The lowest BCUT2D eigenvalue weighted by Crippen LogP contribution is -1.98. The highest BCUT2D eigenvalue weighted by Crippen LogP contribution is 2.36. The fraction of sp³-hybridized carbons (Fsp3) is 0.167. The van der Waals surface area contributed by atoms with Crippen LogP contribution >= 0.6 is 22.9 Å². The SMILES string of the molecule is Cc1sc(C(O)c2ccccc2)c(F)c1Cl. The quantitative estimate of drug-likeness (QED) is 0.863. The van der Waals surface area contributed by atoms with Crippen molar-refractivity contribution in [3.8, 4) is 0 Å². The second kappa shape index (κ2) is 4.53. The van der Waals surface area contributed by atoms with E-state index in [2.05, 4.69) is 0 Å². The Morgan fingerprint density at radius 1 is 1.31 bits per heavy atom. The summed E-state index contributed by atoms with van der Waals surface area (Å²) in [5.41, 5.74) is 0.666. The molecule has 2 aromatic rings. The Bertz CT molecular complexity index is 495. The van der Waals surface area contributed by atoms with Crippen molar-refractivity contribution in [2.45, 2.75) is 13.0 Å². The summed E-state index contributed by atoms with van der Waals surface area (Å²) < 4.78 is 13.7. The minimum atomic E-state index is -0.947. The fourth-order valence-electron chi connectivity index (χ4n) is 1.48. The Morgan fingerprint density at radius 2 is 1.94 bits per heavy atom. The molecule has 0 radical (unpaired) electrons. The molecule has 1 heterocycles. The lowest BCUT2D eigenvalue weighted by Gasteiger charge is -2.08. The van der Waals surface area contributed by atoms with Crippen LogP contribution in [0.1, 0.15) is 21.4 Å². The van der Waals surface area contributed by atoms with Crippen molar-refractivity contribution in [1.82, 2.24) is 0 Å². The van der Waals surface area contributed by atoms with E-state index in [4.69, 9.17) is 11.6 Å². The molecule has 1 N–H and O–H groups in total. The standard InChI is InChI=1S/C12H10ClFOS/c1-7-9(13)10(14)12(16-7)11(15)8-5-3-2-4-6-8/h2-6,11,15H,1H3. The zero-order chi connectivity index (χ0) is 11.7. The molecule has 0 spiro atoms. The Labute approximate surface area is 102 Å². The monoisotopic (exact) mass is 256 g/mol. The van der Waals surface area contributed by atoms with Gasteiger partial charge in [0, 0.05) is 4.88 Å². The largest absolute Gasteiger partial charge is 0.383 e. The molecule has 0 saturated carbocycles. The first-order valence-electron chi connectivity index (χ1n) is 4.78. The molecule has 1 atom stereocenters.